The van der Waals surface area contributed by atoms with Crippen LogP contribution in [0.25, 0.3) is 0 Å². The first kappa shape index (κ1) is 14.2. The third-order valence-electron chi connectivity index (χ3n) is 3.55. The largest absolute Gasteiger partial charge is 0.454 e. The minimum Gasteiger partial charge on any atom is -0.454 e. The molecule has 0 saturated carbocycles. The first-order valence-electron chi connectivity index (χ1n) is 7.10. The molecule has 0 radical (unpaired) electrons. The Morgan fingerprint density at radius 1 is 1.41 bits per heavy atom. The summed E-state index contributed by atoms with van der Waals surface area (Å²) < 4.78 is 10.8. The van der Waals surface area contributed by atoms with Gasteiger partial charge in [0.25, 0.3) is 0 Å². The molecule has 3 rings (SSSR count). The third-order valence-corrected chi connectivity index (χ3v) is 3.55. The summed E-state index contributed by atoms with van der Waals surface area (Å²) >= 11 is 0. The maximum Gasteiger partial charge on any atom is 0.231 e. The van der Waals surface area contributed by atoms with E-state index in [-0.39, 0.29) is 12.6 Å². The van der Waals surface area contributed by atoms with Crippen molar-refractivity contribution in [2.45, 2.75) is 19.4 Å². The number of H-pyrrole nitrogens is 1. The van der Waals surface area contributed by atoms with E-state index in [4.69, 9.17) is 20.5 Å². The number of hydrogen-bond donors (Lipinski definition) is 3. The number of nitrogens with two attached hydrogens (primary N) is 1. The third kappa shape index (κ3) is 2.82. The van der Waals surface area contributed by atoms with Gasteiger partial charge in [0.1, 0.15) is 11.6 Å². The Labute approximate surface area is 128 Å². The van der Waals surface area contributed by atoms with Crippen LogP contribution in [0.15, 0.2) is 18.2 Å². The number of benzene rings is 1. The van der Waals surface area contributed by atoms with Crippen molar-refractivity contribution < 1.29 is 9.47 Å². The highest BCUT2D eigenvalue weighted by atomic mass is 16.7. The Kier molecular flexibility index (Phi) is 4.12. The van der Waals surface area contributed by atoms with Gasteiger partial charge in [-0.25, -0.2) is 0 Å². The van der Waals surface area contributed by atoms with Crippen molar-refractivity contribution >= 4 is 5.82 Å². The maximum absolute atomic E-state index is 9.00. The number of aromatic amines is 1. The summed E-state index contributed by atoms with van der Waals surface area (Å²) in [6.45, 7) is 1.81. The number of nitrogens with zero attached hydrogens (tertiary/aromatic N) is 2. The van der Waals surface area contributed by atoms with Crippen LogP contribution in [-0.4, -0.2) is 23.5 Å². The minimum absolute atomic E-state index is 0.266. The van der Waals surface area contributed by atoms with Crippen molar-refractivity contribution in [3.8, 4) is 17.6 Å². The monoisotopic (exact) mass is 299 g/mol. The van der Waals surface area contributed by atoms with Crippen LogP contribution >= 0.6 is 0 Å². The molecule has 7 nitrogen and oxygen atoms in total. The average Bonchev–Trinajstić information content (AvgIpc) is 3.13. The molecule has 2 heterocycles. The number of rotatable bonds is 6. The molecule has 7 heteroatoms. The van der Waals surface area contributed by atoms with Crippen LogP contribution in [0, 0.1) is 11.3 Å². The highest BCUT2D eigenvalue weighted by Gasteiger charge is 2.16. The van der Waals surface area contributed by atoms with Gasteiger partial charge in [-0.1, -0.05) is 12.1 Å². The SMILES string of the molecule is N#Cc1c(N)n[nH]c1CCCNCc1cccc2c1OCO2. The predicted octanol–water partition coefficient (Wildman–Crippen LogP) is 1.31. The van der Waals surface area contributed by atoms with E-state index in [0.717, 1.165) is 42.1 Å². The van der Waals surface area contributed by atoms with Gasteiger partial charge in [-0.2, -0.15) is 10.4 Å². The zero-order valence-electron chi connectivity index (χ0n) is 12.1. The fourth-order valence-corrected chi connectivity index (χ4v) is 2.44. The van der Waals surface area contributed by atoms with Crippen molar-refractivity contribution in [3.05, 3.63) is 35.0 Å². The lowest BCUT2D eigenvalue weighted by Gasteiger charge is -2.07. The molecule has 0 unspecified atom stereocenters. The van der Waals surface area contributed by atoms with Crippen LogP contribution in [0.1, 0.15) is 23.2 Å². The van der Waals surface area contributed by atoms with Gasteiger partial charge in [0.15, 0.2) is 17.3 Å². The van der Waals surface area contributed by atoms with E-state index < -0.39 is 0 Å². The summed E-state index contributed by atoms with van der Waals surface area (Å²) in [5.74, 6) is 1.89. The van der Waals surface area contributed by atoms with Crippen molar-refractivity contribution in [3.63, 3.8) is 0 Å². The number of para-hydroxylation sites is 1. The topological polar surface area (TPSA) is 109 Å². The lowest BCUT2D eigenvalue weighted by molar-refractivity contribution is 0.173. The van der Waals surface area contributed by atoms with Gasteiger partial charge in [0.2, 0.25) is 6.79 Å². The molecule has 1 aliphatic heterocycles. The van der Waals surface area contributed by atoms with Gasteiger partial charge < -0.3 is 20.5 Å². The molecular formula is C15H17N5O2. The average molecular weight is 299 g/mol. The summed E-state index contributed by atoms with van der Waals surface area (Å²) in [4.78, 5) is 0. The van der Waals surface area contributed by atoms with Crippen molar-refractivity contribution in [2.24, 2.45) is 0 Å². The van der Waals surface area contributed by atoms with Crippen molar-refractivity contribution in [2.75, 3.05) is 19.1 Å². The van der Waals surface area contributed by atoms with Crippen LogP contribution in [0.2, 0.25) is 0 Å². The first-order chi connectivity index (χ1) is 10.8. The van der Waals surface area contributed by atoms with Gasteiger partial charge in [0, 0.05) is 12.1 Å². The molecule has 0 amide bonds. The Hall–Kier alpha value is -2.72. The summed E-state index contributed by atoms with van der Waals surface area (Å²) in [6, 6.07) is 7.94. The van der Waals surface area contributed by atoms with Crippen LogP contribution in [0.5, 0.6) is 11.5 Å². The number of fused-ring (bicyclic) bond motifs is 1. The van der Waals surface area contributed by atoms with Crippen LogP contribution in [-0.2, 0) is 13.0 Å². The summed E-state index contributed by atoms with van der Waals surface area (Å²) in [5.41, 5.74) is 7.93. The molecule has 0 fully saturated rings. The van der Waals surface area contributed by atoms with Crippen LogP contribution in [0.4, 0.5) is 5.82 Å². The minimum atomic E-state index is 0.266. The standard InChI is InChI=1S/C15H17N5O2/c16-7-11-12(19-20-15(11)17)4-2-6-18-8-10-3-1-5-13-14(10)22-9-21-13/h1,3,5,18H,2,4,6,8-9H2,(H3,17,19,20). The van der Waals surface area contributed by atoms with E-state index in [0.29, 0.717) is 12.1 Å². The maximum atomic E-state index is 9.00. The molecule has 1 aliphatic rings. The van der Waals surface area contributed by atoms with E-state index in [9.17, 15) is 0 Å². The second-order valence-electron chi connectivity index (χ2n) is 5.01. The molecule has 4 N–H and O–H groups in total. The van der Waals surface area contributed by atoms with E-state index in [1.54, 1.807) is 0 Å². The molecule has 0 spiro atoms. The number of ether oxygens (including phenoxy) is 2. The summed E-state index contributed by atoms with van der Waals surface area (Å²) in [7, 11) is 0. The second kappa shape index (κ2) is 6.37. The zero-order chi connectivity index (χ0) is 15.4. The fraction of sp³-hybridized carbons (Fsp3) is 0.333. The van der Waals surface area contributed by atoms with Crippen molar-refractivity contribution in [1.29, 1.82) is 5.26 Å². The first-order valence-corrected chi connectivity index (χ1v) is 7.10. The quantitative estimate of drug-likeness (QED) is 0.694. The molecular weight excluding hydrogens is 282 g/mol. The summed E-state index contributed by atoms with van der Waals surface area (Å²) in [5, 5.41) is 19.0. The Morgan fingerprint density at radius 3 is 3.18 bits per heavy atom. The number of hydrogen-bond acceptors (Lipinski definition) is 6. The smallest absolute Gasteiger partial charge is 0.231 e. The Bertz CT molecular complexity index is 704. The lowest BCUT2D eigenvalue weighted by atomic mass is 10.1. The zero-order valence-corrected chi connectivity index (χ0v) is 12.1. The molecule has 1 aromatic carbocycles. The molecule has 0 aliphatic carbocycles. The van der Waals surface area contributed by atoms with Gasteiger partial charge in [-0.05, 0) is 25.5 Å². The Morgan fingerprint density at radius 2 is 2.32 bits per heavy atom. The fourth-order valence-electron chi connectivity index (χ4n) is 2.44. The number of anilines is 1. The van der Waals surface area contributed by atoms with Gasteiger partial charge >= 0.3 is 0 Å². The summed E-state index contributed by atoms with van der Waals surface area (Å²) in [6.07, 6.45) is 1.61. The van der Waals surface area contributed by atoms with Crippen LogP contribution < -0.4 is 20.5 Å². The number of nitrogens with one attached hydrogen (secondary N) is 2. The second-order valence-corrected chi connectivity index (χ2v) is 5.01. The van der Waals surface area contributed by atoms with E-state index in [1.807, 2.05) is 18.2 Å². The van der Waals surface area contributed by atoms with Gasteiger partial charge in [-0.3, -0.25) is 5.10 Å². The number of aromatic nitrogens is 2. The van der Waals surface area contributed by atoms with Gasteiger partial charge in [0.05, 0.1) is 5.69 Å². The van der Waals surface area contributed by atoms with E-state index >= 15 is 0 Å². The number of nitrogen functional groups attached to an aromatic ring is 1. The Balaban J connectivity index is 1.47. The molecule has 22 heavy (non-hydrogen) atoms. The van der Waals surface area contributed by atoms with Gasteiger partial charge in [-0.15, -0.1) is 0 Å². The molecule has 0 saturated heterocycles. The highest BCUT2D eigenvalue weighted by Crippen LogP contribution is 2.35. The molecule has 0 atom stereocenters. The van der Waals surface area contributed by atoms with Crippen molar-refractivity contribution in [1.82, 2.24) is 15.5 Å². The molecule has 1 aromatic heterocycles. The number of aryl methyl sites for hydroxylation is 1. The van der Waals surface area contributed by atoms with Crippen LogP contribution in [0.3, 0.4) is 0 Å². The predicted molar refractivity (Wildman–Crippen MR) is 80.3 cm³/mol. The van der Waals surface area contributed by atoms with E-state index in [2.05, 4.69) is 21.6 Å². The lowest BCUT2D eigenvalue weighted by Crippen LogP contribution is -2.16. The normalized spacial score (nSPS) is 12.3. The molecule has 0 bridgehead atoms. The number of nitriles is 1. The molecule has 114 valence electrons. The highest BCUT2D eigenvalue weighted by molar-refractivity contribution is 5.51. The van der Waals surface area contributed by atoms with E-state index in [1.165, 1.54) is 0 Å². The molecule has 2 aromatic rings.